The highest BCUT2D eigenvalue weighted by atomic mass is 16.5. The number of ether oxygens (including phenoxy) is 1. The molecule has 1 fully saturated rings. The van der Waals surface area contributed by atoms with E-state index >= 15 is 0 Å². The van der Waals surface area contributed by atoms with Crippen LogP contribution in [0.25, 0.3) is 0 Å². The Bertz CT molecular complexity index is 148. The quantitative estimate of drug-likeness (QED) is 0.474. The Morgan fingerprint density at radius 3 is 2.40 bits per heavy atom. The van der Waals surface area contributed by atoms with Gasteiger partial charge in [-0.1, -0.05) is 0 Å². The van der Waals surface area contributed by atoms with Crippen molar-refractivity contribution in [1.29, 1.82) is 0 Å². The minimum atomic E-state index is 0.230. The van der Waals surface area contributed by atoms with E-state index < -0.39 is 0 Å². The largest absolute Gasteiger partial charge is 0.373 e. The molecular formula is C10H23N3O2. The topological polar surface area (TPSA) is 58.8 Å². The highest BCUT2D eigenvalue weighted by Gasteiger charge is 2.12. The zero-order chi connectivity index (χ0) is 11.5. The van der Waals surface area contributed by atoms with Crippen LogP contribution >= 0.6 is 0 Å². The highest BCUT2D eigenvalue weighted by molar-refractivity contribution is 5.50. The molecular weight excluding hydrogens is 194 g/mol. The molecule has 2 N–H and O–H groups in total. The average molecular weight is 217 g/mol. The Morgan fingerprint density at radius 1 is 1.27 bits per heavy atom. The predicted molar refractivity (Wildman–Crippen MR) is 60.9 cm³/mol. The van der Waals surface area contributed by atoms with Crippen molar-refractivity contribution in [3.05, 3.63) is 0 Å². The molecule has 1 saturated heterocycles. The zero-order valence-corrected chi connectivity index (χ0v) is 9.82. The maximum atomic E-state index is 9.95. The fraction of sp³-hybridized carbons (Fsp3) is 0.900. The predicted octanol–water partition coefficient (Wildman–Crippen LogP) is -0.976. The summed E-state index contributed by atoms with van der Waals surface area (Å²) in [5.74, 6) is 0. The molecule has 1 aliphatic heterocycles. The van der Waals surface area contributed by atoms with Crippen molar-refractivity contribution in [3.63, 3.8) is 0 Å². The van der Waals surface area contributed by atoms with E-state index in [9.17, 15) is 4.79 Å². The molecule has 0 aliphatic carbocycles. The van der Waals surface area contributed by atoms with Crippen molar-refractivity contribution in [2.45, 2.75) is 0 Å². The Morgan fingerprint density at radius 2 is 1.87 bits per heavy atom. The number of carbonyl (C=O) groups excluding carboxylic acids is 1. The summed E-state index contributed by atoms with van der Waals surface area (Å²) in [4.78, 5) is 14.6. The first-order chi connectivity index (χ1) is 7.33. The third-order valence-electron chi connectivity index (χ3n) is 2.33. The number of nitrogens with two attached hydrogens (primary N) is 1. The Labute approximate surface area is 92.2 Å². The molecule has 0 bridgehead atoms. The van der Waals surface area contributed by atoms with Crippen molar-refractivity contribution >= 4 is 6.29 Å². The van der Waals surface area contributed by atoms with Gasteiger partial charge in [-0.2, -0.15) is 0 Å². The summed E-state index contributed by atoms with van der Waals surface area (Å²) in [5.41, 5.74) is 4.50. The lowest BCUT2D eigenvalue weighted by Gasteiger charge is -2.32. The van der Waals surface area contributed by atoms with Crippen molar-refractivity contribution in [2.24, 2.45) is 5.73 Å². The average Bonchev–Trinajstić information content (AvgIpc) is 2.30. The molecule has 5 heteroatoms. The van der Waals surface area contributed by atoms with Crippen LogP contribution < -0.4 is 5.73 Å². The molecule has 0 atom stereocenters. The molecule has 0 saturated carbocycles. The van der Waals surface area contributed by atoms with Crippen molar-refractivity contribution in [2.75, 3.05) is 60.0 Å². The first-order valence-electron chi connectivity index (χ1n) is 5.33. The van der Waals surface area contributed by atoms with Crippen LogP contribution in [0.15, 0.2) is 0 Å². The normalized spacial score (nSPS) is 18.1. The first kappa shape index (κ1) is 14.5. The summed E-state index contributed by atoms with van der Waals surface area (Å²) in [7, 11) is 3.64. The van der Waals surface area contributed by atoms with Gasteiger partial charge >= 0.3 is 0 Å². The zero-order valence-electron chi connectivity index (χ0n) is 9.82. The van der Waals surface area contributed by atoms with E-state index in [1.165, 1.54) is 7.05 Å². The molecule has 1 rings (SSSR count). The van der Waals surface area contributed by atoms with Gasteiger partial charge in [0.1, 0.15) is 12.9 Å². The number of carbonyl (C=O) groups is 1. The molecule has 1 aliphatic rings. The second-order valence-electron chi connectivity index (χ2n) is 3.39. The second-order valence-corrected chi connectivity index (χ2v) is 3.39. The number of likely N-dealkylation sites (N-methyl/N-ethyl adjacent to an activating group) is 1. The lowest BCUT2D eigenvalue weighted by atomic mass is 10.3. The smallest absolute Gasteiger partial charge is 0.145 e. The van der Waals surface area contributed by atoms with Crippen molar-refractivity contribution in [3.8, 4) is 0 Å². The van der Waals surface area contributed by atoms with Crippen LogP contribution in [0.3, 0.4) is 0 Å². The molecule has 0 unspecified atom stereocenters. The molecule has 0 radical (unpaired) electrons. The van der Waals surface area contributed by atoms with Crippen molar-refractivity contribution < 1.29 is 9.53 Å². The van der Waals surface area contributed by atoms with Gasteiger partial charge < -0.3 is 20.2 Å². The summed E-state index contributed by atoms with van der Waals surface area (Å²) in [6.45, 7) is 6.33. The van der Waals surface area contributed by atoms with Crippen molar-refractivity contribution in [1.82, 2.24) is 9.80 Å². The molecule has 0 spiro atoms. The standard InChI is InChI=1S/C9H18N2O2.CH5N/c1-10-2-4-11(5-3-10)6-8-13-9-7-12;1-2/h7H,2-6,8-9H2,1H3;2H2,1H3. The van der Waals surface area contributed by atoms with Gasteiger partial charge in [-0.3, -0.25) is 4.90 Å². The van der Waals surface area contributed by atoms with E-state index in [2.05, 4.69) is 22.6 Å². The molecule has 15 heavy (non-hydrogen) atoms. The summed E-state index contributed by atoms with van der Waals surface area (Å²) in [6.07, 6.45) is 0.796. The van der Waals surface area contributed by atoms with Crippen LogP contribution in [-0.4, -0.2) is 76.1 Å². The van der Waals surface area contributed by atoms with Crippen LogP contribution in [0.5, 0.6) is 0 Å². The highest BCUT2D eigenvalue weighted by Crippen LogP contribution is 1.97. The van der Waals surface area contributed by atoms with Gasteiger partial charge in [-0.05, 0) is 14.1 Å². The van der Waals surface area contributed by atoms with E-state index in [0.717, 1.165) is 39.0 Å². The summed E-state index contributed by atoms with van der Waals surface area (Å²) >= 11 is 0. The van der Waals surface area contributed by atoms with E-state index in [-0.39, 0.29) is 6.61 Å². The van der Waals surface area contributed by atoms with Gasteiger partial charge in [0.25, 0.3) is 0 Å². The van der Waals surface area contributed by atoms with Gasteiger partial charge in [-0.15, -0.1) is 0 Å². The van der Waals surface area contributed by atoms with E-state index in [1.807, 2.05) is 0 Å². The van der Waals surface area contributed by atoms with Crippen LogP contribution in [0.1, 0.15) is 0 Å². The summed E-state index contributed by atoms with van der Waals surface area (Å²) in [5, 5.41) is 0. The summed E-state index contributed by atoms with van der Waals surface area (Å²) in [6, 6.07) is 0. The van der Waals surface area contributed by atoms with Gasteiger partial charge in [-0.25, -0.2) is 0 Å². The van der Waals surface area contributed by atoms with Gasteiger partial charge in [0.15, 0.2) is 0 Å². The maximum absolute atomic E-state index is 9.95. The van der Waals surface area contributed by atoms with Gasteiger partial charge in [0.05, 0.1) is 6.61 Å². The van der Waals surface area contributed by atoms with Crippen LogP contribution in [-0.2, 0) is 9.53 Å². The minimum absolute atomic E-state index is 0.230. The monoisotopic (exact) mass is 217 g/mol. The fourth-order valence-electron chi connectivity index (χ4n) is 1.40. The Hall–Kier alpha value is -0.490. The SMILES string of the molecule is CN.CN1CCN(CCOCC=O)CC1. The molecule has 90 valence electrons. The first-order valence-corrected chi connectivity index (χ1v) is 5.33. The lowest BCUT2D eigenvalue weighted by Crippen LogP contribution is -2.45. The molecule has 0 aromatic rings. The molecule has 5 nitrogen and oxygen atoms in total. The lowest BCUT2D eigenvalue weighted by molar-refractivity contribution is -0.112. The number of hydrogen-bond donors (Lipinski definition) is 1. The molecule has 0 aromatic heterocycles. The van der Waals surface area contributed by atoms with Gasteiger partial charge in [0, 0.05) is 32.7 Å². The number of hydrogen-bond acceptors (Lipinski definition) is 5. The molecule has 0 aromatic carbocycles. The van der Waals surface area contributed by atoms with Crippen LogP contribution in [0, 0.1) is 0 Å². The number of piperazine rings is 1. The third kappa shape index (κ3) is 7.44. The second kappa shape index (κ2) is 10.0. The number of rotatable bonds is 5. The van der Waals surface area contributed by atoms with Crippen LogP contribution in [0.4, 0.5) is 0 Å². The fourth-order valence-corrected chi connectivity index (χ4v) is 1.40. The Kier molecular flexibility index (Phi) is 9.71. The maximum Gasteiger partial charge on any atom is 0.145 e. The summed E-state index contributed by atoms with van der Waals surface area (Å²) < 4.78 is 5.09. The number of nitrogens with zero attached hydrogens (tertiary/aromatic N) is 2. The molecule has 0 amide bonds. The van der Waals surface area contributed by atoms with Gasteiger partial charge in [0.2, 0.25) is 0 Å². The van der Waals surface area contributed by atoms with E-state index in [1.54, 1.807) is 0 Å². The molecule has 1 heterocycles. The minimum Gasteiger partial charge on any atom is -0.373 e. The Balaban J connectivity index is 0.000000921. The van der Waals surface area contributed by atoms with E-state index in [0.29, 0.717) is 6.61 Å². The third-order valence-corrected chi connectivity index (χ3v) is 2.33. The van der Waals surface area contributed by atoms with E-state index in [4.69, 9.17) is 4.74 Å². The van der Waals surface area contributed by atoms with Crippen LogP contribution in [0.2, 0.25) is 0 Å². The number of aldehydes is 1.